The van der Waals surface area contributed by atoms with E-state index in [0.29, 0.717) is 17.1 Å². The molecule has 1 atom stereocenters. The molecule has 0 fully saturated rings. The fourth-order valence-corrected chi connectivity index (χ4v) is 2.81. The average molecular weight is 394 g/mol. The molecular weight excluding hydrogens is 374 g/mol. The molecule has 24 heavy (non-hydrogen) atoms. The van der Waals surface area contributed by atoms with Crippen LogP contribution >= 0.6 is 15.9 Å². The molecule has 0 aliphatic carbocycles. The molecule has 0 heterocycles. The van der Waals surface area contributed by atoms with Crippen LogP contribution in [0.3, 0.4) is 0 Å². The molecule has 0 aromatic heterocycles. The normalized spacial score (nSPS) is 11.5. The fraction of sp³-hybridized carbons (Fsp3) is 0.278. The van der Waals surface area contributed by atoms with Gasteiger partial charge in [-0.3, -0.25) is 4.79 Å². The second kappa shape index (κ2) is 8.06. The van der Waals surface area contributed by atoms with Gasteiger partial charge >= 0.3 is 0 Å². The topological polar surface area (TPSA) is 56.8 Å². The van der Waals surface area contributed by atoms with Crippen LogP contribution in [0.4, 0.5) is 0 Å². The Hall–Kier alpha value is -2.21. The lowest BCUT2D eigenvalue weighted by Gasteiger charge is -2.16. The third kappa shape index (κ3) is 4.20. The Labute approximate surface area is 150 Å². The SMILES string of the molecule is COc1cc(OC)cc(C(=O)NC(C)c2ccc(OC)c(Br)c2)c1. The van der Waals surface area contributed by atoms with Crippen LogP contribution in [0.2, 0.25) is 0 Å². The van der Waals surface area contributed by atoms with E-state index < -0.39 is 0 Å². The highest BCUT2D eigenvalue weighted by Crippen LogP contribution is 2.28. The van der Waals surface area contributed by atoms with Crippen LogP contribution in [0.1, 0.15) is 28.9 Å². The molecule has 1 amide bonds. The summed E-state index contributed by atoms with van der Waals surface area (Å²) in [6, 6.07) is 10.6. The summed E-state index contributed by atoms with van der Waals surface area (Å²) in [4.78, 5) is 12.5. The molecule has 128 valence electrons. The van der Waals surface area contributed by atoms with Gasteiger partial charge < -0.3 is 19.5 Å². The number of benzene rings is 2. The Morgan fingerprint density at radius 2 is 1.62 bits per heavy atom. The number of halogens is 1. The minimum Gasteiger partial charge on any atom is -0.497 e. The van der Waals surface area contributed by atoms with Gasteiger partial charge in [0.05, 0.1) is 31.8 Å². The van der Waals surface area contributed by atoms with Gasteiger partial charge in [-0.1, -0.05) is 6.07 Å². The summed E-state index contributed by atoms with van der Waals surface area (Å²) in [5, 5.41) is 2.97. The number of nitrogens with one attached hydrogen (secondary N) is 1. The molecule has 6 heteroatoms. The van der Waals surface area contributed by atoms with Gasteiger partial charge in [-0.2, -0.15) is 0 Å². The summed E-state index contributed by atoms with van der Waals surface area (Å²) in [6.45, 7) is 1.92. The second-order valence-electron chi connectivity index (χ2n) is 5.19. The number of ether oxygens (including phenoxy) is 3. The maximum atomic E-state index is 12.5. The molecule has 0 aliphatic heterocycles. The molecule has 0 saturated heterocycles. The molecule has 2 rings (SSSR count). The Morgan fingerprint density at radius 3 is 2.12 bits per heavy atom. The van der Waals surface area contributed by atoms with E-state index in [0.717, 1.165) is 15.8 Å². The Kier molecular flexibility index (Phi) is 6.09. The van der Waals surface area contributed by atoms with Crippen molar-refractivity contribution in [1.29, 1.82) is 0 Å². The maximum absolute atomic E-state index is 12.5. The van der Waals surface area contributed by atoms with Gasteiger partial charge in [0.1, 0.15) is 17.2 Å². The van der Waals surface area contributed by atoms with Gasteiger partial charge in [-0.25, -0.2) is 0 Å². The maximum Gasteiger partial charge on any atom is 0.252 e. The molecule has 0 bridgehead atoms. The zero-order valence-electron chi connectivity index (χ0n) is 14.1. The first-order valence-corrected chi connectivity index (χ1v) is 8.15. The molecular formula is C18H20BrNO4. The number of rotatable bonds is 6. The second-order valence-corrected chi connectivity index (χ2v) is 6.04. The van der Waals surface area contributed by atoms with Crippen LogP contribution in [0.5, 0.6) is 17.2 Å². The van der Waals surface area contributed by atoms with E-state index in [1.165, 1.54) is 0 Å². The van der Waals surface area contributed by atoms with E-state index in [4.69, 9.17) is 14.2 Å². The minimum absolute atomic E-state index is 0.170. The first-order valence-electron chi connectivity index (χ1n) is 7.36. The number of carbonyl (C=O) groups excluding carboxylic acids is 1. The van der Waals surface area contributed by atoms with E-state index in [2.05, 4.69) is 21.2 Å². The van der Waals surface area contributed by atoms with Crippen LogP contribution in [0.25, 0.3) is 0 Å². The molecule has 0 spiro atoms. The zero-order chi connectivity index (χ0) is 17.7. The van der Waals surface area contributed by atoms with Gasteiger partial charge in [-0.15, -0.1) is 0 Å². The van der Waals surface area contributed by atoms with E-state index in [1.54, 1.807) is 39.5 Å². The lowest BCUT2D eigenvalue weighted by atomic mass is 10.1. The van der Waals surface area contributed by atoms with E-state index in [9.17, 15) is 4.79 Å². The Morgan fingerprint density at radius 1 is 1.00 bits per heavy atom. The number of methoxy groups -OCH3 is 3. The number of hydrogen-bond acceptors (Lipinski definition) is 4. The van der Waals surface area contributed by atoms with Gasteiger partial charge in [0.2, 0.25) is 0 Å². The highest BCUT2D eigenvalue weighted by molar-refractivity contribution is 9.10. The van der Waals surface area contributed by atoms with Crippen molar-refractivity contribution in [3.63, 3.8) is 0 Å². The average Bonchev–Trinajstić information content (AvgIpc) is 2.60. The summed E-state index contributed by atoms with van der Waals surface area (Å²) in [5.74, 6) is 1.68. The van der Waals surface area contributed by atoms with Gasteiger partial charge in [0.15, 0.2) is 0 Å². The summed E-state index contributed by atoms with van der Waals surface area (Å²) >= 11 is 3.45. The lowest BCUT2D eigenvalue weighted by Crippen LogP contribution is -2.26. The van der Waals surface area contributed by atoms with Crippen LogP contribution in [-0.2, 0) is 0 Å². The van der Waals surface area contributed by atoms with Crippen molar-refractivity contribution < 1.29 is 19.0 Å². The molecule has 2 aromatic rings. The number of hydrogen-bond donors (Lipinski definition) is 1. The van der Waals surface area contributed by atoms with Crippen molar-refractivity contribution in [2.45, 2.75) is 13.0 Å². The molecule has 5 nitrogen and oxygen atoms in total. The quantitative estimate of drug-likeness (QED) is 0.806. The van der Waals surface area contributed by atoms with Crippen molar-refractivity contribution in [3.8, 4) is 17.2 Å². The molecule has 2 aromatic carbocycles. The van der Waals surface area contributed by atoms with Gasteiger partial charge in [0, 0.05) is 11.6 Å². The number of carbonyl (C=O) groups is 1. The van der Waals surface area contributed by atoms with Crippen molar-refractivity contribution in [1.82, 2.24) is 5.32 Å². The van der Waals surface area contributed by atoms with Gasteiger partial charge in [0.25, 0.3) is 5.91 Å². The van der Waals surface area contributed by atoms with Crippen molar-refractivity contribution >= 4 is 21.8 Å². The van der Waals surface area contributed by atoms with Gasteiger partial charge in [-0.05, 0) is 52.7 Å². The largest absolute Gasteiger partial charge is 0.497 e. The first kappa shape index (κ1) is 18.1. The Bertz CT molecular complexity index is 711. The lowest BCUT2D eigenvalue weighted by molar-refractivity contribution is 0.0939. The van der Waals surface area contributed by atoms with Crippen LogP contribution in [0.15, 0.2) is 40.9 Å². The molecule has 0 radical (unpaired) electrons. The van der Waals surface area contributed by atoms with E-state index >= 15 is 0 Å². The molecule has 0 saturated carbocycles. The number of amides is 1. The third-order valence-electron chi connectivity index (χ3n) is 3.64. The molecule has 0 aliphatic rings. The zero-order valence-corrected chi connectivity index (χ0v) is 15.6. The summed E-state index contributed by atoms with van der Waals surface area (Å²) < 4.78 is 16.5. The summed E-state index contributed by atoms with van der Waals surface area (Å²) in [6.07, 6.45) is 0. The van der Waals surface area contributed by atoms with E-state index in [1.807, 2.05) is 25.1 Å². The van der Waals surface area contributed by atoms with E-state index in [-0.39, 0.29) is 11.9 Å². The molecule has 1 unspecified atom stereocenters. The minimum atomic E-state index is -0.202. The third-order valence-corrected chi connectivity index (χ3v) is 4.26. The fourth-order valence-electron chi connectivity index (χ4n) is 2.25. The van der Waals surface area contributed by atoms with Crippen molar-refractivity contribution in [3.05, 3.63) is 52.0 Å². The molecule has 1 N–H and O–H groups in total. The smallest absolute Gasteiger partial charge is 0.252 e. The van der Waals surface area contributed by atoms with Crippen LogP contribution < -0.4 is 19.5 Å². The highest BCUT2D eigenvalue weighted by atomic mass is 79.9. The van der Waals surface area contributed by atoms with Crippen molar-refractivity contribution in [2.75, 3.05) is 21.3 Å². The van der Waals surface area contributed by atoms with Crippen LogP contribution in [0, 0.1) is 0 Å². The standard InChI is InChI=1S/C18H20BrNO4/c1-11(12-5-6-17(24-4)16(19)9-12)20-18(21)13-7-14(22-2)10-15(8-13)23-3/h5-11H,1-4H3,(H,20,21). The Balaban J connectivity index is 2.18. The van der Waals surface area contributed by atoms with Crippen LogP contribution in [-0.4, -0.2) is 27.2 Å². The first-order chi connectivity index (χ1) is 11.5. The summed E-state index contributed by atoms with van der Waals surface area (Å²) in [7, 11) is 4.71. The highest BCUT2D eigenvalue weighted by Gasteiger charge is 2.15. The van der Waals surface area contributed by atoms with Crippen molar-refractivity contribution in [2.24, 2.45) is 0 Å². The summed E-state index contributed by atoms with van der Waals surface area (Å²) in [5.41, 5.74) is 1.44. The predicted octanol–water partition coefficient (Wildman–Crippen LogP) is 3.97. The predicted molar refractivity (Wildman–Crippen MR) is 96.1 cm³/mol. The monoisotopic (exact) mass is 393 g/mol.